The number of rotatable bonds is 2. The smallest absolute Gasteiger partial charge is 0.255 e. The van der Waals surface area contributed by atoms with Crippen LogP contribution in [-0.2, 0) is 12.8 Å². The summed E-state index contributed by atoms with van der Waals surface area (Å²) in [5.41, 5.74) is 4.38. The van der Waals surface area contributed by atoms with Crippen LogP contribution in [0.4, 0.5) is 10.1 Å². The fourth-order valence-corrected chi connectivity index (χ4v) is 3.85. The largest absolute Gasteiger partial charge is 0.358 e. The Hall–Kier alpha value is -2.14. The number of nitrogens with one attached hydrogen (secondary N) is 2. The number of benzene rings is 2. The van der Waals surface area contributed by atoms with Crippen molar-refractivity contribution in [2.45, 2.75) is 26.2 Å². The second kappa shape index (κ2) is 6.30. The summed E-state index contributed by atoms with van der Waals surface area (Å²) in [6.45, 7) is 2.26. The zero-order valence-corrected chi connectivity index (χ0v) is 15.4. The van der Waals surface area contributed by atoms with Gasteiger partial charge in [-0.3, -0.25) is 4.79 Å². The number of anilines is 1. The van der Waals surface area contributed by atoms with Crippen LogP contribution in [-0.4, -0.2) is 10.9 Å². The van der Waals surface area contributed by atoms with E-state index in [2.05, 4.69) is 33.2 Å². The molecule has 0 unspecified atom stereocenters. The second-order valence-electron chi connectivity index (χ2n) is 6.77. The molecule has 0 aliphatic heterocycles. The van der Waals surface area contributed by atoms with Crippen molar-refractivity contribution in [1.29, 1.82) is 0 Å². The molecular formula is C20H18BrFN2O. The molecule has 1 aromatic heterocycles. The summed E-state index contributed by atoms with van der Waals surface area (Å²) in [6.07, 6.45) is 3.27. The number of aromatic amines is 1. The van der Waals surface area contributed by atoms with Crippen LogP contribution in [0.5, 0.6) is 0 Å². The van der Waals surface area contributed by atoms with Gasteiger partial charge in [0.1, 0.15) is 5.82 Å². The third-order valence-electron chi connectivity index (χ3n) is 4.88. The zero-order valence-electron chi connectivity index (χ0n) is 13.8. The van der Waals surface area contributed by atoms with Gasteiger partial charge in [0.25, 0.3) is 5.91 Å². The van der Waals surface area contributed by atoms with Gasteiger partial charge in [0.05, 0.1) is 5.69 Å². The van der Waals surface area contributed by atoms with Crippen LogP contribution in [0.15, 0.2) is 40.9 Å². The van der Waals surface area contributed by atoms with Gasteiger partial charge in [-0.05, 0) is 67.1 Å². The van der Waals surface area contributed by atoms with Gasteiger partial charge in [-0.2, -0.15) is 0 Å². The number of hydrogen-bond donors (Lipinski definition) is 2. The summed E-state index contributed by atoms with van der Waals surface area (Å²) in [7, 11) is 0. The Morgan fingerprint density at radius 2 is 2.12 bits per heavy atom. The molecule has 0 spiro atoms. The highest BCUT2D eigenvalue weighted by molar-refractivity contribution is 9.10. The predicted octanol–water partition coefficient (Wildman–Crippen LogP) is 5.45. The molecule has 1 amide bonds. The summed E-state index contributed by atoms with van der Waals surface area (Å²) in [4.78, 5) is 16.0. The summed E-state index contributed by atoms with van der Waals surface area (Å²) < 4.78 is 14.6. The molecule has 5 heteroatoms. The molecule has 0 bridgehead atoms. The number of carbonyl (C=O) groups is 1. The van der Waals surface area contributed by atoms with Crippen LogP contribution in [0.25, 0.3) is 10.9 Å². The Bertz CT molecular complexity index is 979. The van der Waals surface area contributed by atoms with Crippen LogP contribution in [0.3, 0.4) is 0 Å². The van der Waals surface area contributed by atoms with Crippen molar-refractivity contribution in [3.63, 3.8) is 0 Å². The van der Waals surface area contributed by atoms with Gasteiger partial charge < -0.3 is 10.3 Å². The Kier molecular flexibility index (Phi) is 4.12. The minimum atomic E-state index is -0.461. The summed E-state index contributed by atoms with van der Waals surface area (Å²) in [5, 5.41) is 3.76. The third kappa shape index (κ3) is 3.09. The van der Waals surface area contributed by atoms with Crippen molar-refractivity contribution < 1.29 is 9.18 Å². The molecule has 3 aromatic rings. The molecule has 128 valence electrons. The molecular weight excluding hydrogens is 383 g/mol. The lowest BCUT2D eigenvalue weighted by atomic mass is 9.87. The van der Waals surface area contributed by atoms with E-state index in [4.69, 9.17) is 0 Å². The van der Waals surface area contributed by atoms with Crippen molar-refractivity contribution >= 4 is 38.4 Å². The molecule has 4 rings (SSSR count). The number of fused-ring (bicyclic) bond motifs is 3. The topological polar surface area (TPSA) is 44.9 Å². The van der Waals surface area contributed by atoms with E-state index in [1.165, 1.54) is 23.7 Å². The number of H-pyrrole nitrogens is 1. The Labute approximate surface area is 153 Å². The minimum absolute atomic E-state index is 0.179. The Balaban J connectivity index is 1.67. The summed E-state index contributed by atoms with van der Waals surface area (Å²) in [5.74, 6) is -0.112. The molecule has 0 saturated carbocycles. The van der Waals surface area contributed by atoms with Crippen molar-refractivity contribution in [3.8, 4) is 0 Å². The molecule has 1 aliphatic rings. The van der Waals surface area contributed by atoms with E-state index in [0.717, 1.165) is 23.7 Å². The normalized spacial score (nSPS) is 16.7. The van der Waals surface area contributed by atoms with Crippen molar-refractivity contribution in [3.05, 3.63) is 63.5 Å². The number of aryl methyl sites for hydroxylation is 1. The van der Waals surface area contributed by atoms with Gasteiger partial charge in [0.15, 0.2) is 0 Å². The van der Waals surface area contributed by atoms with Crippen LogP contribution < -0.4 is 5.32 Å². The molecule has 2 aromatic carbocycles. The summed E-state index contributed by atoms with van der Waals surface area (Å²) in [6, 6.07) is 10.2. The van der Waals surface area contributed by atoms with Gasteiger partial charge in [-0.25, -0.2) is 4.39 Å². The second-order valence-corrected chi connectivity index (χ2v) is 7.68. The summed E-state index contributed by atoms with van der Waals surface area (Å²) >= 11 is 3.21. The van der Waals surface area contributed by atoms with E-state index in [1.807, 2.05) is 12.1 Å². The monoisotopic (exact) mass is 400 g/mol. The molecule has 0 saturated heterocycles. The maximum atomic E-state index is 13.9. The molecule has 0 fully saturated rings. The average Bonchev–Trinajstić information content (AvgIpc) is 2.94. The highest BCUT2D eigenvalue weighted by Gasteiger charge is 2.20. The van der Waals surface area contributed by atoms with Crippen LogP contribution >= 0.6 is 15.9 Å². The van der Waals surface area contributed by atoms with Crippen LogP contribution in [0.1, 0.15) is 35.0 Å². The lowest BCUT2D eigenvalue weighted by Crippen LogP contribution is -2.13. The number of carbonyl (C=O) groups excluding carboxylic acids is 1. The molecule has 25 heavy (non-hydrogen) atoms. The minimum Gasteiger partial charge on any atom is -0.358 e. The predicted molar refractivity (Wildman–Crippen MR) is 102 cm³/mol. The zero-order chi connectivity index (χ0) is 17.6. The van der Waals surface area contributed by atoms with Crippen molar-refractivity contribution in [2.75, 3.05) is 5.32 Å². The maximum Gasteiger partial charge on any atom is 0.255 e. The number of halogens is 2. The van der Waals surface area contributed by atoms with E-state index in [9.17, 15) is 9.18 Å². The number of amides is 1. The van der Waals surface area contributed by atoms with Crippen LogP contribution in [0.2, 0.25) is 0 Å². The first-order valence-electron chi connectivity index (χ1n) is 8.41. The highest BCUT2D eigenvalue weighted by atomic mass is 79.9. The van der Waals surface area contributed by atoms with Gasteiger partial charge in [0, 0.05) is 26.6 Å². The quantitative estimate of drug-likeness (QED) is 0.590. The van der Waals surface area contributed by atoms with E-state index < -0.39 is 5.82 Å². The fraction of sp³-hybridized carbons (Fsp3) is 0.250. The highest BCUT2D eigenvalue weighted by Crippen LogP contribution is 2.32. The molecule has 1 aliphatic carbocycles. The van der Waals surface area contributed by atoms with Gasteiger partial charge in [0.2, 0.25) is 0 Å². The Morgan fingerprint density at radius 3 is 2.92 bits per heavy atom. The third-order valence-corrected chi connectivity index (χ3v) is 5.37. The van der Waals surface area contributed by atoms with Crippen LogP contribution in [0, 0.1) is 11.7 Å². The van der Waals surface area contributed by atoms with E-state index in [0.29, 0.717) is 16.0 Å². The first kappa shape index (κ1) is 16.3. The van der Waals surface area contributed by atoms with Crippen molar-refractivity contribution in [1.82, 2.24) is 4.98 Å². The number of aromatic nitrogens is 1. The first-order valence-corrected chi connectivity index (χ1v) is 9.20. The Morgan fingerprint density at radius 1 is 1.28 bits per heavy atom. The lowest BCUT2D eigenvalue weighted by Gasteiger charge is -2.18. The van der Waals surface area contributed by atoms with Gasteiger partial charge >= 0.3 is 0 Å². The van der Waals surface area contributed by atoms with Gasteiger partial charge in [-0.1, -0.05) is 22.9 Å². The van der Waals surface area contributed by atoms with E-state index >= 15 is 0 Å². The number of hydrogen-bond acceptors (Lipinski definition) is 1. The van der Waals surface area contributed by atoms with E-state index in [-0.39, 0.29) is 11.6 Å². The lowest BCUT2D eigenvalue weighted by molar-refractivity contribution is 0.102. The molecule has 0 radical (unpaired) electrons. The SMILES string of the molecule is C[C@@H]1CCc2[nH]c3ccc(C(=O)Nc4ccc(Br)cc4F)cc3c2C1. The first-order chi connectivity index (χ1) is 12.0. The molecule has 3 nitrogen and oxygen atoms in total. The standard InChI is InChI=1S/C20H18BrFN2O/c1-11-2-5-17-14(8-11)15-9-12(3-6-18(15)23-17)20(25)24-19-7-4-13(21)10-16(19)22/h3-4,6-7,9-11,23H,2,5,8H2,1H3,(H,24,25)/t11-/m1/s1. The fourth-order valence-electron chi connectivity index (χ4n) is 3.52. The van der Waals surface area contributed by atoms with Crippen molar-refractivity contribution in [2.24, 2.45) is 5.92 Å². The average molecular weight is 401 g/mol. The molecule has 1 atom stereocenters. The van der Waals surface area contributed by atoms with E-state index in [1.54, 1.807) is 18.2 Å². The molecule has 1 heterocycles. The van der Waals surface area contributed by atoms with Gasteiger partial charge in [-0.15, -0.1) is 0 Å². The maximum absolute atomic E-state index is 13.9. The molecule has 2 N–H and O–H groups in total.